The third-order valence-corrected chi connectivity index (χ3v) is 5.94. The fourth-order valence-electron chi connectivity index (χ4n) is 4.55. The average molecular weight is 434 g/mol. The summed E-state index contributed by atoms with van der Waals surface area (Å²) in [5.74, 6) is 1.23. The van der Waals surface area contributed by atoms with E-state index in [0.29, 0.717) is 6.04 Å². The molecule has 1 aliphatic heterocycles. The van der Waals surface area contributed by atoms with Gasteiger partial charge in [-0.15, -0.1) is 17.0 Å². The second-order valence-electron chi connectivity index (χ2n) is 7.70. The van der Waals surface area contributed by atoms with Gasteiger partial charge in [0.2, 0.25) is 0 Å². The second-order valence-corrected chi connectivity index (χ2v) is 7.70. The van der Waals surface area contributed by atoms with Crippen LogP contribution >= 0.6 is 17.0 Å². The highest BCUT2D eigenvalue weighted by Crippen LogP contribution is 2.34. The molecule has 0 aromatic carbocycles. The van der Waals surface area contributed by atoms with Crippen LogP contribution in [0.1, 0.15) is 67.3 Å². The van der Waals surface area contributed by atoms with Gasteiger partial charge in [-0.25, -0.2) is 4.98 Å². The van der Waals surface area contributed by atoms with Crippen LogP contribution in [0.15, 0.2) is 24.5 Å². The van der Waals surface area contributed by atoms with E-state index in [2.05, 4.69) is 27.8 Å². The first-order chi connectivity index (χ1) is 12.9. The molecule has 5 nitrogen and oxygen atoms in total. The van der Waals surface area contributed by atoms with Crippen molar-refractivity contribution in [3.8, 4) is 0 Å². The molecule has 4 rings (SSSR count). The van der Waals surface area contributed by atoms with E-state index in [1.807, 2.05) is 6.20 Å². The molecule has 2 aromatic rings. The van der Waals surface area contributed by atoms with Crippen LogP contribution in [0, 0.1) is 0 Å². The van der Waals surface area contributed by atoms with Gasteiger partial charge in [0, 0.05) is 24.6 Å². The fraction of sp³-hybridized carbons (Fsp3) is 0.619. The number of halogens is 1. The second kappa shape index (κ2) is 9.80. The molecule has 0 spiro atoms. The van der Waals surface area contributed by atoms with E-state index in [0.717, 1.165) is 45.4 Å². The molecule has 0 fully saturated rings. The Morgan fingerprint density at radius 3 is 2.96 bits per heavy atom. The Balaban J connectivity index is 0.00000210. The predicted octanol–water partition coefficient (Wildman–Crippen LogP) is 3.81. The minimum atomic E-state index is 0. The molecule has 0 radical (unpaired) electrons. The van der Waals surface area contributed by atoms with Crippen molar-refractivity contribution in [3.05, 3.63) is 47.3 Å². The number of imidazole rings is 1. The Labute approximate surface area is 173 Å². The molecule has 1 aliphatic carbocycles. The Kier molecular flexibility index (Phi) is 7.44. The van der Waals surface area contributed by atoms with E-state index in [9.17, 15) is 0 Å². The molecule has 2 aliphatic rings. The van der Waals surface area contributed by atoms with E-state index in [1.165, 1.54) is 54.9 Å². The van der Waals surface area contributed by atoms with Crippen molar-refractivity contribution in [3.63, 3.8) is 0 Å². The first-order valence-electron chi connectivity index (χ1n) is 10.3. The predicted molar refractivity (Wildman–Crippen MR) is 114 cm³/mol. The van der Waals surface area contributed by atoms with Crippen LogP contribution in [-0.2, 0) is 25.9 Å². The zero-order valence-electron chi connectivity index (χ0n) is 16.1. The highest BCUT2D eigenvalue weighted by molar-refractivity contribution is 8.93. The minimum absolute atomic E-state index is 0. The summed E-state index contributed by atoms with van der Waals surface area (Å²) in [5, 5.41) is 0. The number of rotatable bonds is 7. The number of aryl methyl sites for hydroxylation is 2. The number of nitrogens with two attached hydrogens (primary N) is 1. The number of fused-ring (bicyclic) bond motifs is 2. The molecular weight excluding hydrogens is 402 g/mol. The Morgan fingerprint density at radius 1 is 1.15 bits per heavy atom. The molecular formula is C21H32BrN5. The van der Waals surface area contributed by atoms with E-state index >= 15 is 0 Å². The fourth-order valence-corrected chi connectivity index (χ4v) is 4.55. The standard InChI is InChI=1S/C21H31N5.BrH/c22-11-2-4-13-25(16-20-24-15-18-9-1-3-14-26(18)20)19-10-5-7-17-8-6-12-23-21(17)19;/h6,8,12,15,19H,1-5,7,9-11,13-14,16,22H2;1H. The maximum atomic E-state index is 5.75. The van der Waals surface area contributed by atoms with E-state index in [4.69, 9.17) is 15.7 Å². The molecule has 6 heteroatoms. The summed E-state index contributed by atoms with van der Waals surface area (Å²) in [6.07, 6.45) is 13.6. The monoisotopic (exact) mass is 433 g/mol. The lowest BCUT2D eigenvalue weighted by molar-refractivity contribution is 0.156. The van der Waals surface area contributed by atoms with Crippen molar-refractivity contribution >= 4 is 17.0 Å². The summed E-state index contributed by atoms with van der Waals surface area (Å²) in [7, 11) is 0. The minimum Gasteiger partial charge on any atom is -0.331 e. The van der Waals surface area contributed by atoms with Gasteiger partial charge in [0.1, 0.15) is 5.82 Å². The van der Waals surface area contributed by atoms with Gasteiger partial charge < -0.3 is 10.3 Å². The van der Waals surface area contributed by atoms with Gasteiger partial charge in [0.15, 0.2) is 0 Å². The molecule has 2 aromatic heterocycles. The van der Waals surface area contributed by atoms with Gasteiger partial charge in [0.25, 0.3) is 0 Å². The van der Waals surface area contributed by atoms with E-state index in [-0.39, 0.29) is 17.0 Å². The van der Waals surface area contributed by atoms with Gasteiger partial charge in [-0.1, -0.05) is 6.07 Å². The lowest BCUT2D eigenvalue weighted by Gasteiger charge is -2.35. The molecule has 2 N–H and O–H groups in total. The SMILES string of the molecule is Br.NCCCCN(Cc1ncc2n1CCCC2)C1CCCc2cccnc21. The lowest BCUT2D eigenvalue weighted by Crippen LogP contribution is -2.34. The van der Waals surface area contributed by atoms with Gasteiger partial charge in [-0.05, 0) is 76.1 Å². The summed E-state index contributed by atoms with van der Waals surface area (Å²) < 4.78 is 2.46. The van der Waals surface area contributed by atoms with Crippen molar-refractivity contribution in [2.75, 3.05) is 13.1 Å². The quantitative estimate of drug-likeness (QED) is 0.674. The molecule has 3 heterocycles. The summed E-state index contributed by atoms with van der Waals surface area (Å²) in [6, 6.07) is 4.74. The number of hydrogen-bond acceptors (Lipinski definition) is 4. The maximum Gasteiger partial charge on any atom is 0.123 e. The van der Waals surface area contributed by atoms with Crippen LogP contribution in [0.5, 0.6) is 0 Å². The third-order valence-electron chi connectivity index (χ3n) is 5.94. The van der Waals surface area contributed by atoms with Gasteiger partial charge >= 0.3 is 0 Å². The Hall–Kier alpha value is -1.24. The number of nitrogens with zero attached hydrogens (tertiary/aromatic N) is 4. The Bertz CT molecular complexity index is 729. The summed E-state index contributed by atoms with van der Waals surface area (Å²) in [5.41, 5.74) is 9.88. The normalized spacial score (nSPS) is 18.7. The molecule has 0 saturated heterocycles. The number of hydrogen-bond donors (Lipinski definition) is 1. The number of pyridine rings is 1. The maximum absolute atomic E-state index is 5.75. The first-order valence-corrected chi connectivity index (χ1v) is 10.3. The van der Waals surface area contributed by atoms with Crippen molar-refractivity contribution in [1.82, 2.24) is 19.4 Å². The highest BCUT2D eigenvalue weighted by atomic mass is 79.9. The largest absolute Gasteiger partial charge is 0.331 e. The summed E-state index contributed by atoms with van der Waals surface area (Å²) >= 11 is 0. The van der Waals surface area contributed by atoms with Crippen LogP contribution in [0.25, 0.3) is 0 Å². The van der Waals surface area contributed by atoms with Crippen molar-refractivity contribution in [2.45, 2.75) is 70.5 Å². The molecule has 0 bridgehead atoms. The van der Waals surface area contributed by atoms with E-state index < -0.39 is 0 Å². The van der Waals surface area contributed by atoms with Crippen LogP contribution in [0.2, 0.25) is 0 Å². The van der Waals surface area contributed by atoms with Gasteiger partial charge in [0.05, 0.1) is 18.3 Å². The molecule has 27 heavy (non-hydrogen) atoms. The molecule has 0 amide bonds. The third kappa shape index (κ3) is 4.61. The topological polar surface area (TPSA) is 60.0 Å². The lowest BCUT2D eigenvalue weighted by atomic mass is 9.90. The van der Waals surface area contributed by atoms with Crippen LogP contribution in [0.3, 0.4) is 0 Å². The zero-order valence-corrected chi connectivity index (χ0v) is 17.9. The van der Waals surface area contributed by atoms with Crippen molar-refractivity contribution in [2.24, 2.45) is 5.73 Å². The van der Waals surface area contributed by atoms with Crippen LogP contribution in [0.4, 0.5) is 0 Å². The zero-order chi connectivity index (χ0) is 17.8. The molecule has 148 valence electrons. The molecule has 1 unspecified atom stereocenters. The van der Waals surface area contributed by atoms with E-state index in [1.54, 1.807) is 0 Å². The van der Waals surface area contributed by atoms with Crippen molar-refractivity contribution in [1.29, 1.82) is 0 Å². The van der Waals surface area contributed by atoms with Gasteiger partial charge in [-0.2, -0.15) is 0 Å². The molecule has 0 saturated carbocycles. The van der Waals surface area contributed by atoms with Crippen molar-refractivity contribution < 1.29 is 0 Å². The highest BCUT2D eigenvalue weighted by Gasteiger charge is 2.28. The van der Waals surface area contributed by atoms with Crippen LogP contribution < -0.4 is 5.73 Å². The summed E-state index contributed by atoms with van der Waals surface area (Å²) in [4.78, 5) is 12.2. The number of aromatic nitrogens is 3. The van der Waals surface area contributed by atoms with Crippen LogP contribution in [-0.4, -0.2) is 32.5 Å². The summed E-state index contributed by atoms with van der Waals surface area (Å²) in [6.45, 7) is 3.89. The van der Waals surface area contributed by atoms with Gasteiger partial charge in [-0.3, -0.25) is 9.88 Å². The molecule has 1 atom stereocenters. The Morgan fingerprint density at radius 2 is 2.07 bits per heavy atom. The first kappa shape index (κ1) is 20.5. The smallest absolute Gasteiger partial charge is 0.123 e. The average Bonchev–Trinajstić information content (AvgIpc) is 3.10. The number of unbranched alkanes of at least 4 members (excludes halogenated alkanes) is 1.